The van der Waals surface area contributed by atoms with E-state index in [2.05, 4.69) is 10.6 Å². The van der Waals surface area contributed by atoms with Crippen LogP contribution in [-0.2, 0) is 9.59 Å². The molecule has 0 saturated carbocycles. The maximum atomic E-state index is 11.4. The second-order valence-corrected chi connectivity index (χ2v) is 4.61. The molecule has 1 saturated heterocycles. The number of carbonyl (C=O) groups excluding carboxylic acids is 2. The molecule has 86 valence electrons. The van der Waals surface area contributed by atoms with E-state index in [9.17, 15) is 9.59 Å². The number of rotatable bonds is 4. The molecule has 0 aromatic heterocycles. The van der Waals surface area contributed by atoms with E-state index in [-0.39, 0.29) is 30.9 Å². The molecule has 6 heteroatoms. The third kappa shape index (κ3) is 5.03. The molecule has 15 heavy (non-hydrogen) atoms. The molecule has 1 aliphatic heterocycles. The van der Waals surface area contributed by atoms with Gasteiger partial charge in [-0.05, 0) is 18.6 Å². The average Bonchev–Trinajstić information content (AvgIpc) is 2.27. The first-order valence-corrected chi connectivity index (χ1v) is 6.21. The van der Waals surface area contributed by atoms with Gasteiger partial charge in [0, 0.05) is 11.8 Å². The standard InChI is InChI=1S/C9H17N3O2S/c10-4-8(13)11-5-9(14)12-7-2-1-3-15-6-7/h7H,1-6,10H2,(H,11,13)(H,12,14). The van der Waals surface area contributed by atoms with Crippen molar-refractivity contribution in [3.63, 3.8) is 0 Å². The highest BCUT2D eigenvalue weighted by atomic mass is 32.2. The monoisotopic (exact) mass is 231 g/mol. The van der Waals surface area contributed by atoms with E-state index >= 15 is 0 Å². The molecule has 1 unspecified atom stereocenters. The Bertz CT molecular complexity index is 229. The summed E-state index contributed by atoms with van der Waals surface area (Å²) in [4.78, 5) is 22.1. The van der Waals surface area contributed by atoms with Gasteiger partial charge >= 0.3 is 0 Å². The molecule has 1 rings (SSSR count). The van der Waals surface area contributed by atoms with Gasteiger partial charge in [-0.25, -0.2) is 0 Å². The largest absolute Gasteiger partial charge is 0.351 e. The normalized spacial score (nSPS) is 20.7. The molecule has 0 radical (unpaired) electrons. The highest BCUT2D eigenvalue weighted by molar-refractivity contribution is 7.99. The molecule has 4 N–H and O–H groups in total. The van der Waals surface area contributed by atoms with Crippen molar-refractivity contribution < 1.29 is 9.59 Å². The smallest absolute Gasteiger partial charge is 0.239 e. The Labute approximate surface area is 93.5 Å². The number of carbonyl (C=O) groups is 2. The Morgan fingerprint density at radius 2 is 2.20 bits per heavy atom. The SMILES string of the molecule is NCC(=O)NCC(=O)NC1CCCSC1. The molecule has 1 heterocycles. The summed E-state index contributed by atoms with van der Waals surface area (Å²) in [5.41, 5.74) is 5.10. The summed E-state index contributed by atoms with van der Waals surface area (Å²) >= 11 is 1.85. The van der Waals surface area contributed by atoms with Crippen molar-refractivity contribution in [2.45, 2.75) is 18.9 Å². The van der Waals surface area contributed by atoms with E-state index in [0.717, 1.165) is 18.6 Å². The quantitative estimate of drug-likeness (QED) is 0.584. The van der Waals surface area contributed by atoms with Gasteiger partial charge in [0.1, 0.15) is 0 Å². The van der Waals surface area contributed by atoms with Gasteiger partial charge in [0.25, 0.3) is 0 Å². The van der Waals surface area contributed by atoms with Crippen LogP contribution in [-0.4, -0.2) is 42.5 Å². The van der Waals surface area contributed by atoms with Gasteiger partial charge in [-0.3, -0.25) is 9.59 Å². The first-order chi connectivity index (χ1) is 7.22. The molecule has 1 aliphatic rings. The predicted molar refractivity (Wildman–Crippen MR) is 60.6 cm³/mol. The van der Waals surface area contributed by atoms with Crippen LogP contribution in [0, 0.1) is 0 Å². The van der Waals surface area contributed by atoms with Crippen LogP contribution >= 0.6 is 11.8 Å². The van der Waals surface area contributed by atoms with Crippen molar-refractivity contribution in [3.8, 4) is 0 Å². The van der Waals surface area contributed by atoms with Gasteiger partial charge in [0.2, 0.25) is 11.8 Å². The first kappa shape index (κ1) is 12.3. The van der Waals surface area contributed by atoms with Gasteiger partial charge in [0.05, 0.1) is 13.1 Å². The zero-order valence-corrected chi connectivity index (χ0v) is 9.44. The van der Waals surface area contributed by atoms with Crippen LogP contribution in [0.15, 0.2) is 0 Å². The third-order valence-corrected chi connectivity index (χ3v) is 3.37. The highest BCUT2D eigenvalue weighted by Gasteiger charge is 2.15. The lowest BCUT2D eigenvalue weighted by Crippen LogP contribution is -2.44. The summed E-state index contributed by atoms with van der Waals surface area (Å²) in [5, 5.41) is 5.32. The first-order valence-electron chi connectivity index (χ1n) is 5.06. The highest BCUT2D eigenvalue weighted by Crippen LogP contribution is 2.16. The van der Waals surface area contributed by atoms with Crippen LogP contribution in [0.25, 0.3) is 0 Å². The zero-order valence-electron chi connectivity index (χ0n) is 8.62. The number of thioether (sulfide) groups is 1. The Morgan fingerprint density at radius 1 is 1.40 bits per heavy atom. The van der Waals surface area contributed by atoms with Crippen LogP contribution < -0.4 is 16.4 Å². The minimum absolute atomic E-state index is 0.0250. The summed E-state index contributed by atoms with van der Waals surface area (Å²) < 4.78 is 0. The second-order valence-electron chi connectivity index (χ2n) is 3.46. The maximum Gasteiger partial charge on any atom is 0.239 e. The fourth-order valence-electron chi connectivity index (χ4n) is 1.38. The van der Waals surface area contributed by atoms with Crippen molar-refractivity contribution in [1.82, 2.24) is 10.6 Å². The number of nitrogens with two attached hydrogens (primary N) is 1. The molecule has 1 fully saturated rings. The van der Waals surface area contributed by atoms with Crippen molar-refractivity contribution in [3.05, 3.63) is 0 Å². The second kappa shape index (κ2) is 6.68. The predicted octanol–water partition coefficient (Wildman–Crippen LogP) is -0.927. The molecule has 0 spiro atoms. The van der Waals surface area contributed by atoms with Crippen molar-refractivity contribution in [2.24, 2.45) is 5.73 Å². The molecule has 2 amide bonds. The molecule has 0 aromatic rings. The van der Waals surface area contributed by atoms with E-state index in [0.29, 0.717) is 0 Å². The third-order valence-electron chi connectivity index (χ3n) is 2.16. The lowest BCUT2D eigenvalue weighted by molar-refractivity contribution is -0.125. The Balaban J connectivity index is 2.14. The number of hydrogen-bond donors (Lipinski definition) is 3. The van der Waals surface area contributed by atoms with Gasteiger partial charge in [0.15, 0.2) is 0 Å². The van der Waals surface area contributed by atoms with Crippen LogP contribution in [0.2, 0.25) is 0 Å². The van der Waals surface area contributed by atoms with Crippen LogP contribution in [0.1, 0.15) is 12.8 Å². The Kier molecular flexibility index (Phi) is 5.49. The van der Waals surface area contributed by atoms with E-state index in [1.165, 1.54) is 5.75 Å². The number of hydrogen-bond acceptors (Lipinski definition) is 4. The summed E-state index contributed by atoms with van der Waals surface area (Å²) in [7, 11) is 0. The van der Waals surface area contributed by atoms with Crippen molar-refractivity contribution >= 4 is 23.6 Å². The lowest BCUT2D eigenvalue weighted by atomic mass is 10.2. The Hall–Kier alpha value is -0.750. The molecule has 0 bridgehead atoms. The van der Waals surface area contributed by atoms with Gasteiger partial charge < -0.3 is 16.4 Å². The maximum absolute atomic E-state index is 11.4. The summed E-state index contributed by atoms with van der Waals surface area (Å²) in [6.07, 6.45) is 2.17. The van der Waals surface area contributed by atoms with Crippen molar-refractivity contribution in [2.75, 3.05) is 24.6 Å². The van der Waals surface area contributed by atoms with E-state index in [1.807, 2.05) is 11.8 Å². The minimum atomic E-state index is -0.303. The van der Waals surface area contributed by atoms with Crippen LogP contribution in [0.4, 0.5) is 0 Å². The average molecular weight is 231 g/mol. The fraction of sp³-hybridized carbons (Fsp3) is 0.778. The molecule has 0 aliphatic carbocycles. The molecular weight excluding hydrogens is 214 g/mol. The molecule has 5 nitrogen and oxygen atoms in total. The van der Waals surface area contributed by atoms with Crippen molar-refractivity contribution in [1.29, 1.82) is 0 Å². The van der Waals surface area contributed by atoms with E-state index in [4.69, 9.17) is 5.73 Å². The Morgan fingerprint density at radius 3 is 2.80 bits per heavy atom. The van der Waals surface area contributed by atoms with Gasteiger partial charge in [-0.2, -0.15) is 11.8 Å². The fourth-order valence-corrected chi connectivity index (χ4v) is 2.46. The topological polar surface area (TPSA) is 84.2 Å². The zero-order chi connectivity index (χ0) is 11.1. The molecule has 0 aromatic carbocycles. The lowest BCUT2D eigenvalue weighted by Gasteiger charge is -2.22. The molecular formula is C9H17N3O2S. The summed E-state index contributed by atoms with van der Waals surface area (Å²) in [6, 6.07) is 0.256. The number of nitrogens with one attached hydrogen (secondary N) is 2. The van der Waals surface area contributed by atoms with Gasteiger partial charge in [-0.1, -0.05) is 0 Å². The van der Waals surface area contributed by atoms with E-state index in [1.54, 1.807) is 0 Å². The summed E-state index contributed by atoms with van der Waals surface area (Å²) in [5.74, 6) is 1.71. The summed E-state index contributed by atoms with van der Waals surface area (Å²) in [6.45, 7) is -0.0518. The minimum Gasteiger partial charge on any atom is -0.351 e. The van der Waals surface area contributed by atoms with Gasteiger partial charge in [-0.15, -0.1) is 0 Å². The van der Waals surface area contributed by atoms with E-state index < -0.39 is 0 Å². The number of amides is 2. The van der Waals surface area contributed by atoms with Crippen LogP contribution in [0.3, 0.4) is 0 Å². The van der Waals surface area contributed by atoms with Crippen LogP contribution in [0.5, 0.6) is 0 Å². The molecule has 1 atom stereocenters.